The van der Waals surface area contributed by atoms with E-state index in [1.165, 1.54) is 12.1 Å². The Hall–Kier alpha value is -3.00. The number of carbonyl (C=O) groups is 1. The van der Waals surface area contributed by atoms with Crippen LogP contribution in [0.1, 0.15) is 10.4 Å². The van der Waals surface area contributed by atoms with Crippen molar-refractivity contribution in [2.45, 2.75) is 0 Å². The lowest BCUT2D eigenvalue weighted by molar-refractivity contribution is -0.886. The molecule has 0 saturated carbocycles. The molecule has 0 spiro atoms. The van der Waals surface area contributed by atoms with Gasteiger partial charge in [0, 0.05) is 11.8 Å². The molecule has 122 valence electrons. The van der Waals surface area contributed by atoms with Crippen LogP contribution in [0.2, 0.25) is 5.02 Å². The highest BCUT2D eigenvalue weighted by molar-refractivity contribution is 6.31. The molecule has 0 aliphatic rings. The molecule has 0 radical (unpaired) electrons. The van der Waals surface area contributed by atoms with Crippen LogP contribution < -0.4 is 10.0 Å². The first-order valence-corrected chi connectivity index (χ1v) is 6.93. The Morgan fingerprint density at radius 2 is 1.96 bits per heavy atom. The number of halogens is 3. The Morgan fingerprint density at radius 1 is 1.21 bits per heavy atom. The van der Waals surface area contributed by atoms with Crippen molar-refractivity contribution in [1.82, 2.24) is 4.98 Å². The quantitative estimate of drug-likeness (QED) is 0.498. The maximum Gasteiger partial charge on any atom is 0.338 e. The fourth-order valence-electron chi connectivity index (χ4n) is 2.16. The number of nitrogens with zero attached hydrogens (tertiary/aromatic N) is 2. The zero-order chi connectivity index (χ0) is 17.4. The van der Waals surface area contributed by atoms with Crippen molar-refractivity contribution in [1.29, 1.82) is 0 Å². The molecule has 0 saturated heterocycles. The number of aromatic nitrogens is 2. The molecule has 9 heteroatoms. The number of hydrogen-bond donors (Lipinski definition) is 3. The Labute approximate surface area is 138 Å². The molecule has 3 N–H and O–H groups in total. The molecule has 6 nitrogen and oxygen atoms in total. The van der Waals surface area contributed by atoms with Gasteiger partial charge in [-0.05, 0) is 34.0 Å². The van der Waals surface area contributed by atoms with E-state index < -0.39 is 23.2 Å². The summed E-state index contributed by atoms with van der Waals surface area (Å²) in [5.74, 6) is -2.92. The highest BCUT2D eigenvalue weighted by atomic mass is 35.5. The summed E-state index contributed by atoms with van der Waals surface area (Å²) in [6, 6.07) is 5.78. The highest BCUT2D eigenvalue weighted by Crippen LogP contribution is 2.27. The van der Waals surface area contributed by atoms with Crippen LogP contribution in [0.25, 0.3) is 10.9 Å². The van der Waals surface area contributed by atoms with Gasteiger partial charge in [0.2, 0.25) is 0 Å². The van der Waals surface area contributed by atoms with Crippen LogP contribution in [0.3, 0.4) is 0 Å². The number of nitrogens with one attached hydrogen (secondary N) is 1. The van der Waals surface area contributed by atoms with Crippen molar-refractivity contribution in [2.75, 3.05) is 5.32 Å². The number of anilines is 2. The van der Waals surface area contributed by atoms with Gasteiger partial charge in [-0.1, -0.05) is 11.6 Å². The Kier molecular flexibility index (Phi) is 3.90. The van der Waals surface area contributed by atoms with Crippen LogP contribution in [-0.4, -0.2) is 21.3 Å². The monoisotopic (exact) mass is 352 g/mol. The van der Waals surface area contributed by atoms with Gasteiger partial charge in [0.15, 0.2) is 5.52 Å². The van der Waals surface area contributed by atoms with Crippen molar-refractivity contribution in [2.24, 2.45) is 0 Å². The second-order valence-corrected chi connectivity index (χ2v) is 5.25. The number of hydrogen-bond acceptors (Lipinski definition) is 4. The number of aromatic carboxylic acids is 1. The predicted octanol–water partition coefficient (Wildman–Crippen LogP) is 3.13. The van der Waals surface area contributed by atoms with Gasteiger partial charge in [0.1, 0.15) is 11.6 Å². The molecule has 0 amide bonds. The third kappa shape index (κ3) is 2.79. The highest BCUT2D eigenvalue weighted by Gasteiger charge is 2.20. The van der Waals surface area contributed by atoms with Crippen LogP contribution >= 0.6 is 11.6 Å². The molecule has 3 rings (SSSR count). The van der Waals surface area contributed by atoms with E-state index in [0.717, 1.165) is 24.5 Å². The first-order valence-electron chi connectivity index (χ1n) is 6.55. The smallest absolute Gasteiger partial charge is 0.338 e. The fourth-order valence-corrected chi connectivity index (χ4v) is 2.34. The average molecular weight is 353 g/mol. The Balaban J connectivity index is 2.14. The van der Waals surface area contributed by atoms with Crippen LogP contribution in [0.5, 0.6) is 0 Å². The van der Waals surface area contributed by atoms with Crippen LogP contribution in [0, 0.1) is 11.6 Å². The van der Waals surface area contributed by atoms with Crippen molar-refractivity contribution in [3.63, 3.8) is 0 Å². The molecule has 1 aromatic heterocycles. The minimum absolute atomic E-state index is 0.0273. The normalized spacial score (nSPS) is 10.8. The van der Waals surface area contributed by atoms with E-state index in [2.05, 4.69) is 10.3 Å². The van der Waals surface area contributed by atoms with E-state index in [9.17, 15) is 18.8 Å². The van der Waals surface area contributed by atoms with Crippen LogP contribution in [-0.2, 0) is 0 Å². The number of fused-ring (bicyclic) bond motifs is 1. The standard InChI is InChI=1S/C15H8ClF2N3O3/c16-10-3-7(1-2-11(10)17)20-14-9-4-12(18)8(15(22)23)5-13(9)21(24)6-19-14/h1-6,24H,(H,22,23)/p+1. The van der Waals surface area contributed by atoms with Gasteiger partial charge >= 0.3 is 12.3 Å². The van der Waals surface area contributed by atoms with Gasteiger partial charge in [-0.3, -0.25) is 0 Å². The molecule has 24 heavy (non-hydrogen) atoms. The van der Waals surface area contributed by atoms with E-state index in [0.29, 0.717) is 10.4 Å². The largest absolute Gasteiger partial charge is 0.478 e. The summed E-state index contributed by atoms with van der Waals surface area (Å²) < 4.78 is 27.7. The minimum Gasteiger partial charge on any atom is -0.478 e. The first-order chi connectivity index (χ1) is 11.4. The molecular weight excluding hydrogens is 344 g/mol. The van der Waals surface area contributed by atoms with E-state index >= 15 is 0 Å². The van der Waals surface area contributed by atoms with Crippen LogP contribution in [0.4, 0.5) is 20.3 Å². The minimum atomic E-state index is -1.47. The maximum absolute atomic E-state index is 13.9. The summed E-state index contributed by atoms with van der Waals surface area (Å²) in [5.41, 5.74) is -0.180. The molecular formula is C15H9ClF2N3O3+. The van der Waals surface area contributed by atoms with Crippen LogP contribution in [0.15, 0.2) is 36.7 Å². The van der Waals surface area contributed by atoms with Gasteiger partial charge < -0.3 is 15.6 Å². The molecule has 0 aliphatic carbocycles. The molecule has 0 fully saturated rings. The first kappa shape index (κ1) is 15.9. The molecule has 0 unspecified atom stereocenters. The van der Waals surface area contributed by atoms with Crippen molar-refractivity contribution in [3.05, 3.63) is 58.9 Å². The second kappa shape index (κ2) is 5.89. The average Bonchev–Trinajstić information content (AvgIpc) is 2.53. The van der Waals surface area contributed by atoms with Crippen molar-refractivity contribution >= 4 is 40.0 Å². The summed E-state index contributed by atoms with van der Waals surface area (Å²) in [4.78, 5) is 14.9. The summed E-state index contributed by atoms with van der Waals surface area (Å²) >= 11 is 5.70. The summed E-state index contributed by atoms with van der Waals surface area (Å²) in [6.07, 6.45) is 1.01. The molecule has 2 aromatic carbocycles. The second-order valence-electron chi connectivity index (χ2n) is 4.85. The SMILES string of the molecule is O=C(O)c1cc2c(cc1F)c(Nc1ccc(F)c(Cl)c1)nc[n+]2O. The summed E-state index contributed by atoms with van der Waals surface area (Å²) in [5, 5.41) is 21.6. The van der Waals surface area contributed by atoms with Gasteiger partial charge in [-0.2, -0.15) is 0 Å². The zero-order valence-electron chi connectivity index (χ0n) is 11.8. The Morgan fingerprint density at radius 3 is 2.62 bits per heavy atom. The van der Waals surface area contributed by atoms with E-state index in [4.69, 9.17) is 16.7 Å². The number of carboxylic acid groups (broad SMARTS) is 1. The number of rotatable bonds is 3. The maximum atomic E-state index is 13.9. The summed E-state index contributed by atoms with van der Waals surface area (Å²) in [7, 11) is 0. The van der Waals surface area contributed by atoms with E-state index in [1.54, 1.807) is 0 Å². The molecule has 1 heterocycles. The lowest BCUT2D eigenvalue weighted by Gasteiger charge is -2.07. The molecule has 0 atom stereocenters. The molecule has 0 aliphatic heterocycles. The third-order valence-corrected chi connectivity index (χ3v) is 3.59. The fraction of sp³-hybridized carbons (Fsp3) is 0. The number of carboxylic acids is 1. The van der Waals surface area contributed by atoms with Gasteiger partial charge in [0.05, 0.1) is 16.0 Å². The third-order valence-electron chi connectivity index (χ3n) is 3.30. The van der Waals surface area contributed by atoms with Gasteiger partial charge in [-0.25, -0.2) is 13.6 Å². The summed E-state index contributed by atoms with van der Waals surface area (Å²) in [6.45, 7) is 0. The topological polar surface area (TPSA) is 86.3 Å². The van der Waals surface area contributed by atoms with Gasteiger partial charge in [0.25, 0.3) is 5.82 Å². The molecule has 3 aromatic rings. The lowest BCUT2D eigenvalue weighted by Crippen LogP contribution is -2.31. The number of benzene rings is 2. The van der Waals surface area contributed by atoms with Gasteiger partial charge in [-0.15, -0.1) is 0 Å². The van der Waals surface area contributed by atoms with E-state index in [-0.39, 0.29) is 21.7 Å². The van der Waals surface area contributed by atoms with E-state index in [1.807, 2.05) is 0 Å². The lowest BCUT2D eigenvalue weighted by atomic mass is 10.1. The van der Waals surface area contributed by atoms with Crippen molar-refractivity contribution in [3.8, 4) is 0 Å². The zero-order valence-corrected chi connectivity index (χ0v) is 12.6. The Bertz CT molecular complexity index is 982. The molecule has 0 bridgehead atoms. The predicted molar refractivity (Wildman–Crippen MR) is 80.7 cm³/mol. The van der Waals surface area contributed by atoms with Crippen molar-refractivity contribution < 1.29 is 28.6 Å².